The molecular weight excluding hydrogens is 356 g/mol. The number of hydrogen-bond donors (Lipinski definition) is 0. The fraction of sp³-hybridized carbons (Fsp3) is 0.143. The number of nitrogens with zero attached hydrogens (tertiary/aromatic N) is 4. The molecule has 0 radical (unpaired) electrons. The van der Waals surface area contributed by atoms with E-state index < -0.39 is 0 Å². The van der Waals surface area contributed by atoms with E-state index in [1.807, 2.05) is 55.5 Å². The predicted octanol–water partition coefficient (Wildman–Crippen LogP) is 3.33. The van der Waals surface area contributed by atoms with Crippen LogP contribution in [0.4, 0.5) is 0 Å². The summed E-state index contributed by atoms with van der Waals surface area (Å²) >= 11 is 0. The summed E-state index contributed by atoms with van der Waals surface area (Å²) in [7, 11) is 1.61. The molecule has 0 saturated carbocycles. The van der Waals surface area contributed by atoms with E-state index >= 15 is 0 Å². The fourth-order valence-electron chi connectivity index (χ4n) is 2.86. The van der Waals surface area contributed by atoms with Crippen LogP contribution in [0.5, 0.6) is 5.75 Å². The van der Waals surface area contributed by atoms with Crippen molar-refractivity contribution >= 4 is 0 Å². The third-order valence-electron chi connectivity index (χ3n) is 4.39. The number of aromatic nitrogens is 4. The van der Waals surface area contributed by atoms with Crippen molar-refractivity contribution in [3.63, 3.8) is 0 Å². The van der Waals surface area contributed by atoms with E-state index in [2.05, 4.69) is 15.2 Å². The van der Waals surface area contributed by atoms with E-state index in [1.165, 1.54) is 10.7 Å². The molecule has 2 aromatic heterocycles. The average Bonchev–Trinajstić information content (AvgIpc) is 3.18. The molecule has 0 fully saturated rings. The van der Waals surface area contributed by atoms with Crippen LogP contribution in [0.3, 0.4) is 0 Å². The van der Waals surface area contributed by atoms with Crippen LogP contribution >= 0.6 is 0 Å². The Kier molecular flexibility index (Phi) is 4.72. The first-order valence-corrected chi connectivity index (χ1v) is 8.75. The second-order valence-electron chi connectivity index (χ2n) is 6.27. The topological polar surface area (TPSA) is 83.0 Å². The van der Waals surface area contributed by atoms with E-state index in [9.17, 15) is 4.79 Å². The third kappa shape index (κ3) is 3.55. The zero-order chi connectivity index (χ0) is 19.5. The van der Waals surface area contributed by atoms with Crippen LogP contribution in [0.15, 0.2) is 70.0 Å². The molecule has 7 nitrogen and oxygen atoms in total. The lowest BCUT2D eigenvalue weighted by atomic mass is 10.1. The number of aryl methyl sites for hydroxylation is 1. The molecule has 28 heavy (non-hydrogen) atoms. The Bertz CT molecular complexity index is 1160. The standard InChI is InChI=1S/C21H18N4O3/c1-14-5-3-4-6-17(14)21-22-19(28-24-21)13-25-20(26)12-11-18(23-25)15-7-9-16(27-2)10-8-15/h3-12H,13H2,1-2H3. The largest absolute Gasteiger partial charge is 0.497 e. The lowest BCUT2D eigenvalue weighted by Crippen LogP contribution is -2.23. The van der Waals surface area contributed by atoms with Crippen LogP contribution in [-0.2, 0) is 6.54 Å². The van der Waals surface area contributed by atoms with Gasteiger partial charge in [-0.1, -0.05) is 29.4 Å². The third-order valence-corrected chi connectivity index (χ3v) is 4.39. The van der Waals surface area contributed by atoms with Crippen LogP contribution in [0.25, 0.3) is 22.6 Å². The minimum Gasteiger partial charge on any atom is -0.497 e. The first-order chi connectivity index (χ1) is 13.6. The summed E-state index contributed by atoms with van der Waals surface area (Å²) in [6.07, 6.45) is 0. The van der Waals surface area contributed by atoms with Crippen molar-refractivity contribution in [2.45, 2.75) is 13.5 Å². The van der Waals surface area contributed by atoms with Crippen molar-refractivity contribution in [2.24, 2.45) is 0 Å². The summed E-state index contributed by atoms with van der Waals surface area (Å²) in [5.74, 6) is 1.57. The summed E-state index contributed by atoms with van der Waals surface area (Å²) in [4.78, 5) is 16.6. The highest BCUT2D eigenvalue weighted by Crippen LogP contribution is 2.21. The minimum absolute atomic E-state index is 0.0989. The van der Waals surface area contributed by atoms with Gasteiger partial charge in [-0.3, -0.25) is 4.79 Å². The maximum Gasteiger partial charge on any atom is 0.267 e. The quantitative estimate of drug-likeness (QED) is 0.533. The highest BCUT2D eigenvalue weighted by atomic mass is 16.5. The normalized spacial score (nSPS) is 10.8. The first kappa shape index (κ1) is 17.7. The first-order valence-electron chi connectivity index (χ1n) is 8.75. The van der Waals surface area contributed by atoms with Crippen LogP contribution in [0.1, 0.15) is 11.5 Å². The van der Waals surface area contributed by atoms with Crippen LogP contribution in [-0.4, -0.2) is 27.0 Å². The van der Waals surface area contributed by atoms with E-state index in [4.69, 9.17) is 9.26 Å². The SMILES string of the molecule is COc1ccc(-c2ccc(=O)n(Cc3nc(-c4ccccc4C)no3)n2)cc1. The summed E-state index contributed by atoms with van der Waals surface area (Å²) < 4.78 is 11.8. The van der Waals surface area contributed by atoms with Crippen LogP contribution in [0, 0.1) is 6.92 Å². The Morgan fingerprint density at radius 3 is 2.57 bits per heavy atom. The monoisotopic (exact) mass is 374 g/mol. The average molecular weight is 374 g/mol. The van der Waals surface area contributed by atoms with Gasteiger partial charge in [-0.2, -0.15) is 10.1 Å². The van der Waals surface area contributed by atoms with Crippen molar-refractivity contribution in [2.75, 3.05) is 7.11 Å². The molecule has 0 N–H and O–H groups in total. The van der Waals surface area contributed by atoms with Gasteiger partial charge in [-0.15, -0.1) is 0 Å². The summed E-state index contributed by atoms with van der Waals surface area (Å²) in [5, 5.41) is 8.46. The minimum atomic E-state index is -0.243. The maximum absolute atomic E-state index is 12.2. The summed E-state index contributed by atoms with van der Waals surface area (Å²) in [5.41, 5.74) is 3.24. The van der Waals surface area contributed by atoms with E-state index in [1.54, 1.807) is 13.2 Å². The number of ether oxygens (including phenoxy) is 1. The molecule has 7 heteroatoms. The maximum atomic E-state index is 12.2. The van der Waals surface area contributed by atoms with Gasteiger partial charge >= 0.3 is 0 Å². The van der Waals surface area contributed by atoms with Gasteiger partial charge in [0.1, 0.15) is 12.3 Å². The van der Waals surface area contributed by atoms with Gasteiger partial charge < -0.3 is 9.26 Å². The van der Waals surface area contributed by atoms with E-state index in [-0.39, 0.29) is 12.1 Å². The molecular formula is C21H18N4O3. The van der Waals surface area contributed by atoms with Gasteiger partial charge in [0.2, 0.25) is 11.7 Å². The molecule has 2 heterocycles. The predicted molar refractivity (Wildman–Crippen MR) is 104 cm³/mol. The van der Waals surface area contributed by atoms with Crippen LogP contribution < -0.4 is 10.3 Å². The van der Waals surface area contributed by atoms with E-state index in [0.717, 1.165) is 22.4 Å². The lowest BCUT2D eigenvalue weighted by Gasteiger charge is -2.06. The molecule has 0 unspecified atom stereocenters. The Morgan fingerprint density at radius 2 is 1.82 bits per heavy atom. The molecule has 2 aromatic carbocycles. The van der Waals surface area contributed by atoms with Crippen molar-refractivity contribution in [3.8, 4) is 28.4 Å². The Morgan fingerprint density at radius 1 is 1.04 bits per heavy atom. The second-order valence-corrected chi connectivity index (χ2v) is 6.27. The molecule has 0 aliphatic heterocycles. The van der Waals surface area contributed by atoms with Gasteiger partial charge in [0.25, 0.3) is 5.56 Å². The highest BCUT2D eigenvalue weighted by molar-refractivity contribution is 5.60. The molecule has 0 aliphatic carbocycles. The highest BCUT2D eigenvalue weighted by Gasteiger charge is 2.12. The van der Waals surface area contributed by atoms with Gasteiger partial charge in [0, 0.05) is 17.2 Å². The van der Waals surface area contributed by atoms with Crippen molar-refractivity contribution < 1.29 is 9.26 Å². The lowest BCUT2D eigenvalue weighted by molar-refractivity contribution is 0.363. The molecule has 4 rings (SSSR count). The van der Waals surface area contributed by atoms with Gasteiger partial charge in [-0.25, -0.2) is 4.68 Å². The summed E-state index contributed by atoms with van der Waals surface area (Å²) in [6, 6.07) is 18.4. The molecule has 4 aromatic rings. The molecule has 0 aliphatic rings. The molecule has 0 spiro atoms. The zero-order valence-corrected chi connectivity index (χ0v) is 15.5. The van der Waals surface area contributed by atoms with E-state index in [0.29, 0.717) is 17.4 Å². The van der Waals surface area contributed by atoms with Crippen molar-refractivity contribution in [1.82, 2.24) is 19.9 Å². The molecule has 140 valence electrons. The fourth-order valence-corrected chi connectivity index (χ4v) is 2.86. The van der Waals surface area contributed by atoms with Gasteiger partial charge in [0.15, 0.2) is 0 Å². The van der Waals surface area contributed by atoms with Crippen molar-refractivity contribution in [3.05, 3.63) is 82.5 Å². The smallest absolute Gasteiger partial charge is 0.267 e. The molecule has 0 bridgehead atoms. The number of rotatable bonds is 5. The second kappa shape index (κ2) is 7.48. The molecule has 0 saturated heterocycles. The Balaban J connectivity index is 1.61. The molecule has 0 amide bonds. The van der Waals surface area contributed by atoms with Gasteiger partial charge in [0.05, 0.1) is 12.8 Å². The van der Waals surface area contributed by atoms with Crippen molar-refractivity contribution in [1.29, 1.82) is 0 Å². The number of hydrogen-bond acceptors (Lipinski definition) is 6. The number of benzene rings is 2. The Labute approximate surface area is 161 Å². The number of methoxy groups -OCH3 is 1. The Hall–Kier alpha value is -3.74. The summed E-state index contributed by atoms with van der Waals surface area (Å²) in [6.45, 7) is 2.08. The van der Waals surface area contributed by atoms with Crippen LogP contribution in [0.2, 0.25) is 0 Å². The zero-order valence-electron chi connectivity index (χ0n) is 15.5. The molecule has 0 atom stereocenters. The van der Waals surface area contributed by atoms with Gasteiger partial charge in [-0.05, 0) is 42.8 Å².